The number of hydrogen-bond donors (Lipinski definition) is 1. The summed E-state index contributed by atoms with van der Waals surface area (Å²) in [7, 11) is 0. The largest absolute Gasteiger partial charge is 0.573 e. The summed E-state index contributed by atoms with van der Waals surface area (Å²) < 4.78 is 46.6. The second-order valence-corrected chi connectivity index (χ2v) is 8.10. The maximum absolute atomic E-state index is 12.9. The van der Waals surface area contributed by atoms with E-state index in [1.165, 1.54) is 24.3 Å². The van der Waals surface area contributed by atoms with Crippen molar-refractivity contribution in [2.75, 3.05) is 29.9 Å². The SMILES string of the molecule is CC1CN(c2ccc(NC(=O)c3cccc(-c4ccc(OC(F)(F)F)cc4)c3Cl)cn2)CCO1. The summed E-state index contributed by atoms with van der Waals surface area (Å²) in [5.74, 6) is 0.0216. The van der Waals surface area contributed by atoms with Crippen molar-refractivity contribution >= 4 is 29.0 Å². The maximum atomic E-state index is 12.9. The molecule has 34 heavy (non-hydrogen) atoms. The molecule has 1 aliphatic heterocycles. The summed E-state index contributed by atoms with van der Waals surface area (Å²) in [6.45, 7) is 4.12. The van der Waals surface area contributed by atoms with Crippen LogP contribution in [0.15, 0.2) is 60.8 Å². The summed E-state index contributed by atoms with van der Waals surface area (Å²) in [4.78, 5) is 19.4. The van der Waals surface area contributed by atoms with Crippen LogP contribution in [0.25, 0.3) is 11.1 Å². The van der Waals surface area contributed by atoms with Crippen LogP contribution in [0.2, 0.25) is 5.02 Å². The van der Waals surface area contributed by atoms with Gasteiger partial charge in [0.1, 0.15) is 11.6 Å². The van der Waals surface area contributed by atoms with Gasteiger partial charge < -0.3 is 19.7 Å². The van der Waals surface area contributed by atoms with E-state index in [1.807, 2.05) is 13.0 Å². The van der Waals surface area contributed by atoms with E-state index in [9.17, 15) is 18.0 Å². The molecule has 1 amide bonds. The lowest BCUT2D eigenvalue weighted by Crippen LogP contribution is -2.41. The number of pyridine rings is 1. The molecule has 1 saturated heterocycles. The summed E-state index contributed by atoms with van der Waals surface area (Å²) in [5.41, 5.74) is 1.77. The Morgan fingerprint density at radius 2 is 1.94 bits per heavy atom. The minimum absolute atomic E-state index is 0.123. The lowest BCUT2D eigenvalue weighted by Gasteiger charge is -2.32. The Labute approximate surface area is 199 Å². The Hall–Kier alpha value is -3.30. The lowest BCUT2D eigenvalue weighted by atomic mass is 10.0. The third-order valence-corrected chi connectivity index (χ3v) is 5.62. The first-order valence-electron chi connectivity index (χ1n) is 10.5. The molecule has 3 aromatic rings. The zero-order valence-electron chi connectivity index (χ0n) is 18.1. The molecule has 1 aromatic heterocycles. The first-order chi connectivity index (χ1) is 16.2. The second kappa shape index (κ2) is 9.90. The zero-order chi connectivity index (χ0) is 24.3. The van der Waals surface area contributed by atoms with Crippen LogP contribution < -0.4 is 15.0 Å². The first-order valence-corrected chi connectivity index (χ1v) is 10.9. The van der Waals surface area contributed by atoms with Crippen LogP contribution in [0.1, 0.15) is 17.3 Å². The number of halogens is 4. The molecule has 0 aliphatic carbocycles. The Balaban J connectivity index is 1.47. The number of rotatable bonds is 5. The number of carbonyl (C=O) groups excluding carboxylic acids is 1. The predicted octanol–water partition coefficient (Wildman–Crippen LogP) is 5.78. The zero-order valence-corrected chi connectivity index (χ0v) is 18.9. The topological polar surface area (TPSA) is 63.7 Å². The quantitative estimate of drug-likeness (QED) is 0.490. The van der Waals surface area contributed by atoms with Crippen molar-refractivity contribution < 1.29 is 27.4 Å². The van der Waals surface area contributed by atoms with Gasteiger partial charge in [0.15, 0.2) is 0 Å². The van der Waals surface area contributed by atoms with Gasteiger partial charge in [0.05, 0.1) is 35.2 Å². The number of benzene rings is 2. The monoisotopic (exact) mass is 491 g/mol. The van der Waals surface area contributed by atoms with Crippen molar-refractivity contribution in [3.63, 3.8) is 0 Å². The Kier molecular flexibility index (Phi) is 6.95. The molecule has 2 heterocycles. The molecule has 4 rings (SSSR count). The highest BCUT2D eigenvalue weighted by atomic mass is 35.5. The molecule has 0 spiro atoms. The van der Waals surface area contributed by atoms with Crippen LogP contribution in [-0.2, 0) is 4.74 Å². The fourth-order valence-corrected chi connectivity index (χ4v) is 3.96. The summed E-state index contributed by atoms with van der Waals surface area (Å²) in [5, 5.41) is 2.95. The van der Waals surface area contributed by atoms with Crippen molar-refractivity contribution in [2.45, 2.75) is 19.4 Å². The molecule has 1 N–H and O–H groups in total. The third kappa shape index (κ3) is 5.78. The van der Waals surface area contributed by atoms with Gasteiger partial charge in [-0.05, 0) is 42.8 Å². The molecule has 2 aromatic carbocycles. The van der Waals surface area contributed by atoms with E-state index in [2.05, 4.69) is 19.9 Å². The normalized spacial score (nSPS) is 16.3. The summed E-state index contributed by atoms with van der Waals surface area (Å²) in [6.07, 6.45) is -3.08. The van der Waals surface area contributed by atoms with Crippen molar-refractivity contribution in [3.05, 3.63) is 71.4 Å². The van der Waals surface area contributed by atoms with Crippen LogP contribution in [0.3, 0.4) is 0 Å². The Morgan fingerprint density at radius 3 is 2.59 bits per heavy atom. The average Bonchev–Trinajstić information content (AvgIpc) is 2.79. The molecular formula is C24H21ClF3N3O3. The van der Waals surface area contributed by atoms with E-state index in [0.717, 1.165) is 18.9 Å². The fourth-order valence-electron chi connectivity index (χ4n) is 3.64. The number of alkyl halides is 3. The smallest absolute Gasteiger partial charge is 0.406 e. The maximum Gasteiger partial charge on any atom is 0.573 e. The van der Waals surface area contributed by atoms with Crippen LogP contribution in [-0.4, -0.2) is 43.1 Å². The minimum atomic E-state index is -4.77. The number of hydrogen-bond acceptors (Lipinski definition) is 5. The highest BCUT2D eigenvalue weighted by Crippen LogP contribution is 2.33. The van der Waals surface area contributed by atoms with E-state index in [4.69, 9.17) is 16.3 Å². The van der Waals surface area contributed by atoms with Gasteiger partial charge in [0, 0.05) is 18.7 Å². The van der Waals surface area contributed by atoms with E-state index < -0.39 is 12.3 Å². The number of morpholine rings is 1. The summed E-state index contributed by atoms with van der Waals surface area (Å²) in [6, 6.07) is 13.8. The molecule has 1 unspecified atom stereocenters. The Bertz CT molecular complexity index is 1150. The van der Waals surface area contributed by atoms with E-state index in [1.54, 1.807) is 30.5 Å². The molecule has 10 heteroatoms. The van der Waals surface area contributed by atoms with Crippen molar-refractivity contribution in [1.82, 2.24) is 4.98 Å². The van der Waals surface area contributed by atoms with Gasteiger partial charge >= 0.3 is 6.36 Å². The van der Waals surface area contributed by atoms with Gasteiger partial charge in [-0.15, -0.1) is 13.2 Å². The van der Waals surface area contributed by atoms with Gasteiger partial charge in [-0.1, -0.05) is 35.9 Å². The van der Waals surface area contributed by atoms with E-state index in [0.29, 0.717) is 23.4 Å². The van der Waals surface area contributed by atoms with Crippen LogP contribution >= 0.6 is 11.6 Å². The van der Waals surface area contributed by atoms with Gasteiger partial charge in [-0.3, -0.25) is 4.79 Å². The van der Waals surface area contributed by atoms with Crippen molar-refractivity contribution in [1.29, 1.82) is 0 Å². The van der Waals surface area contributed by atoms with E-state index >= 15 is 0 Å². The van der Waals surface area contributed by atoms with Crippen LogP contribution in [0.4, 0.5) is 24.7 Å². The molecule has 1 atom stereocenters. The fraction of sp³-hybridized carbons (Fsp3) is 0.250. The van der Waals surface area contributed by atoms with Gasteiger partial charge in [-0.25, -0.2) is 4.98 Å². The van der Waals surface area contributed by atoms with Crippen LogP contribution in [0, 0.1) is 0 Å². The van der Waals surface area contributed by atoms with Gasteiger partial charge in [0.25, 0.3) is 5.91 Å². The number of amides is 1. The molecule has 178 valence electrons. The van der Waals surface area contributed by atoms with Crippen LogP contribution in [0.5, 0.6) is 5.75 Å². The standard InChI is InChI=1S/C24H21ClF3N3O3/c1-15-14-31(11-12-33-15)21-10-7-17(13-29-21)30-23(32)20-4-2-3-19(22(20)25)16-5-8-18(9-6-16)34-24(26,27)28/h2-10,13,15H,11-12,14H2,1H3,(H,30,32). The molecule has 1 fully saturated rings. The number of ether oxygens (including phenoxy) is 2. The van der Waals surface area contributed by atoms with Crippen molar-refractivity contribution in [3.8, 4) is 16.9 Å². The Morgan fingerprint density at radius 1 is 1.18 bits per heavy atom. The third-order valence-electron chi connectivity index (χ3n) is 5.21. The van der Waals surface area contributed by atoms with Crippen molar-refractivity contribution in [2.24, 2.45) is 0 Å². The molecule has 0 bridgehead atoms. The van der Waals surface area contributed by atoms with E-state index in [-0.39, 0.29) is 22.4 Å². The second-order valence-electron chi connectivity index (χ2n) is 7.73. The molecule has 6 nitrogen and oxygen atoms in total. The number of anilines is 2. The van der Waals surface area contributed by atoms with Gasteiger partial charge in [0.2, 0.25) is 0 Å². The molecule has 1 aliphatic rings. The number of carbonyl (C=O) groups is 1. The lowest BCUT2D eigenvalue weighted by molar-refractivity contribution is -0.274. The average molecular weight is 492 g/mol. The number of nitrogens with one attached hydrogen (secondary N) is 1. The molecule has 0 radical (unpaired) electrons. The minimum Gasteiger partial charge on any atom is -0.406 e. The first kappa shape index (κ1) is 23.8. The molecule has 0 saturated carbocycles. The highest BCUT2D eigenvalue weighted by molar-refractivity contribution is 6.37. The number of nitrogens with zero attached hydrogens (tertiary/aromatic N) is 2. The molecular weight excluding hydrogens is 471 g/mol. The summed E-state index contributed by atoms with van der Waals surface area (Å²) >= 11 is 6.48. The van der Waals surface area contributed by atoms with Gasteiger partial charge in [-0.2, -0.15) is 0 Å². The highest BCUT2D eigenvalue weighted by Gasteiger charge is 2.31. The predicted molar refractivity (Wildman–Crippen MR) is 123 cm³/mol. The number of aromatic nitrogens is 1.